The summed E-state index contributed by atoms with van der Waals surface area (Å²) in [6.45, 7) is 1.15. The van der Waals surface area contributed by atoms with Gasteiger partial charge in [0.25, 0.3) is 0 Å². The van der Waals surface area contributed by atoms with Gasteiger partial charge in [0.2, 0.25) is 15.9 Å². The zero-order valence-corrected chi connectivity index (χ0v) is 11.6. The van der Waals surface area contributed by atoms with Crippen molar-refractivity contribution in [3.05, 3.63) is 0 Å². The molecule has 1 fully saturated rings. The molecule has 0 saturated carbocycles. The lowest BCUT2D eigenvalue weighted by Crippen LogP contribution is -2.32. The second kappa shape index (κ2) is 7.44. The zero-order chi connectivity index (χ0) is 14.3. The van der Waals surface area contributed by atoms with Crippen molar-refractivity contribution in [2.45, 2.75) is 32.1 Å². The van der Waals surface area contributed by atoms with Crippen LogP contribution < -0.4 is 5.32 Å². The van der Waals surface area contributed by atoms with Crippen molar-refractivity contribution in [2.24, 2.45) is 0 Å². The Morgan fingerprint density at radius 1 is 1.21 bits per heavy atom. The Hall–Kier alpha value is -1.15. The number of hydrogen-bond acceptors (Lipinski definition) is 4. The second-order valence-electron chi connectivity index (χ2n) is 4.52. The van der Waals surface area contributed by atoms with E-state index in [2.05, 4.69) is 5.32 Å². The number of aliphatic carboxylic acids is 1. The van der Waals surface area contributed by atoms with Gasteiger partial charge in [-0.1, -0.05) is 0 Å². The molecule has 0 unspecified atom stereocenters. The van der Waals surface area contributed by atoms with Gasteiger partial charge in [-0.25, -0.2) is 12.7 Å². The van der Waals surface area contributed by atoms with Gasteiger partial charge in [0, 0.05) is 32.5 Å². The maximum Gasteiger partial charge on any atom is 0.303 e. The first-order chi connectivity index (χ1) is 8.92. The molecule has 0 spiro atoms. The Labute approximate surface area is 113 Å². The fourth-order valence-electron chi connectivity index (χ4n) is 1.89. The minimum atomic E-state index is -3.13. The molecule has 1 amide bonds. The summed E-state index contributed by atoms with van der Waals surface area (Å²) in [7, 11) is -3.13. The van der Waals surface area contributed by atoms with E-state index in [1.54, 1.807) is 0 Å². The molecule has 0 radical (unpaired) electrons. The largest absolute Gasteiger partial charge is 0.481 e. The van der Waals surface area contributed by atoms with Crippen molar-refractivity contribution in [3.8, 4) is 0 Å². The number of sulfonamides is 1. The molecule has 0 aliphatic carbocycles. The standard InChI is InChI=1S/C11H20N2O5S/c14-10(12-6-2-1-4-11(15)16)5-8-13-7-3-9-19(13,17)18/h1-9H2,(H,12,14)(H,15,16). The predicted octanol–water partition coefficient (Wildman–Crippen LogP) is -0.217. The molecule has 0 bridgehead atoms. The smallest absolute Gasteiger partial charge is 0.303 e. The van der Waals surface area contributed by atoms with E-state index < -0.39 is 16.0 Å². The lowest BCUT2D eigenvalue weighted by molar-refractivity contribution is -0.137. The Morgan fingerprint density at radius 3 is 2.53 bits per heavy atom. The van der Waals surface area contributed by atoms with Gasteiger partial charge in [0.1, 0.15) is 0 Å². The van der Waals surface area contributed by atoms with E-state index in [1.807, 2.05) is 0 Å². The first kappa shape index (κ1) is 15.9. The predicted molar refractivity (Wildman–Crippen MR) is 69.1 cm³/mol. The quantitative estimate of drug-likeness (QED) is 0.602. The molecule has 0 aromatic carbocycles. The molecule has 0 aromatic heterocycles. The third-order valence-electron chi connectivity index (χ3n) is 2.93. The van der Waals surface area contributed by atoms with Crippen LogP contribution >= 0.6 is 0 Å². The number of carbonyl (C=O) groups excluding carboxylic acids is 1. The highest BCUT2D eigenvalue weighted by Gasteiger charge is 2.27. The SMILES string of the molecule is O=C(O)CCCCNC(=O)CCN1CCCS1(=O)=O. The number of carboxylic acids is 1. The maximum absolute atomic E-state index is 11.5. The molecular weight excluding hydrogens is 272 g/mol. The summed E-state index contributed by atoms with van der Waals surface area (Å²) >= 11 is 0. The van der Waals surface area contributed by atoms with Crippen molar-refractivity contribution in [1.29, 1.82) is 0 Å². The number of amides is 1. The fraction of sp³-hybridized carbons (Fsp3) is 0.818. The molecule has 8 heteroatoms. The van der Waals surface area contributed by atoms with E-state index >= 15 is 0 Å². The molecule has 110 valence electrons. The van der Waals surface area contributed by atoms with Crippen LogP contribution in [0.25, 0.3) is 0 Å². The average molecular weight is 292 g/mol. The number of nitrogens with one attached hydrogen (secondary N) is 1. The van der Waals surface area contributed by atoms with Gasteiger partial charge >= 0.3 is 5.97 Å². The van der Waals surface area contributed by atoms with E-state index in [0.717, 1.165) is 0 Å². The first-order valence-corrected chi connectivity index (χ1v) is 7.99. The number of carboxylic acid groups (broad SMARTS) is 1. The summed E-state index contributed by atoms with van der Waals surface area (Å²) in [5.41, 5.74) is 0. The molecule has 1 saturated heterocycles. The highest BCUT2D eigenvalue weighted by atomic mass is 32.2. The van der Waals surface area contributed by atoms with Crippen molar-refractivity contribution in [1.82, 2.24) is 9.62 Å². The van der Waals surface area contributed by atoms with Crippen LogP contribution in [0.3, 0.4) is 0 Å². The summed E-state index contributed by atoms with van der Waals surface area (Å²) < 4.78 is 24.3. The normalized spacial score (nSPS) is 18.3. The van der Waals surface area contributed by atoms with Gasteiger partial charge in [-0.15, -0.1) is 0 Å². The number of rotatable bonds is 8. The third kappa shape index (κ3) is 6.02. The summed E-state index contributed by atoms with van der Waals surface area (Å²) in [4.78, 5) is 21.7. The lowest BCUT2D eigenvalue weighted by Gasteiger charge is -2.13. The van der Waals surface area contributed by atoms with E-state index in [-0.39, 0.29) is 31.0 Å². The molecule has 2 N–H and O–H groups in total. The molecular formula is C11H20N2O5S. The van der Waals surface area contributed by atoms with Gasteiger partial charge in [-0.2, -0.15) is 0 Å². The molecule has 1 aliphatic rings. The van der Waals surface area contributed by atoms with Crippen molar-refractivity contribution < 1.29 is 23.1 Å². The molecule has 7 nitrogen and oxygen atoms in total. The van der Waals surface area contributed by atoms with Crippen LogP contribution in [0.5, 0.6) is 0 Å². The van der Waals surface area contributed by atoms with Gasteiger partial charge in [0.05, 0.1) is 5.75 Å². The molecule has 1 aliphatic heterocycles. The van der Waals surface area contributed by atoms with E-state index in [4.69, 9.17) is 5.11 Å². The Kier molecular flexibility index (Phi) is 6.23. The molecule has 1 rings (SSSR count). The van der Waals surface area contributed by atoms with Gasteiger partial charge < -0.3 is 10.4 Å². The summed E-state index contributed by atoms with van der Waals surface area (Å²) in [6, 6.07) is 0. The summed E-state index contributed by atoms with van der Waals surface area (Å²) in [5.74, 6) is -0.868. The van der Waals surface area contributed by atoms with Crippen LogP contribution in [0.4, 0.5) is 0 Å². The number of unbranched alkanes of at least 4 members (excludes halogenated alkanes) is 1. The fourth-order valence-corrected chi connectivity index (χ4v) is 3.41. The van der Waals surface area contributed by atoms with E-state index in [9.17, 15) is 18.0 Å². The Morgan fingerprint density at radius 2 is 1.95 bits per heavy atom. The first-order valence-electron chi connectivity index (χ1n) is 6.38. The minimum Gasteiger partial charge on any atom is -0.481 e. The Balaban J connectivity index is 2.10. The van der Waals surface area contributed by atoms with E-state index in [0.29, 0.717) is 32.4 Å². The van der Waals surface area contributed by atoms with Crippen LogP contribution in [0.15, 0.2) is 0 Å². The molecule has 0 atom stereocenters. The van der Waals surface area contributed by atoms with Crippen molar-refractivity contribution in [2.75, 3.05) is 25.4 Å². The highest BCUT2D eigenvalue weighted by molar-refractivity contribution is 7.89. The van der Waals surface area contributed by atoms with Crippen LogP contribution in [0.1, 0.15) is 32.1 Å². The lowest BCUT2D eigenvalue weighted by atomic mass is 10.2. The van der Waals surface area contributed by atoms with Gasteiger partial charge in [-0.3, -0.25) is 9.59 Å². The van der Waals surface area contributed by atoms with Crippen LogP contribution in [-0.4, -0.2) is 55.1 Å². The summed E-state index contributed by atoms with van der Waals surface area (Å²) in [6.07, 6.45) is 2.01. The second-order valence-corrected chi connectivity index (χ2v) is 6.61. The van der Waals surface area contributed by atoms with Gasteiger partial charge in [-0.05, 0) is 19.3 Å². The number of nitrogens with zero attached hydrogens (tertiary/aromatic N) is 1. The monoisotopic (exact) mass is 292 g/mol. The molecule has 0 aromatic rings. The van der Waals surface area contributed by atoms with E-state index in [1.165, 1.54) is 4.31 Å². The van der Waals surface area contributed by atoms with Crippen molar-refractivity contribution in [3.63, 3.8) is 0 Å². The van der Waals surface area contributed by atoms with Crippen LogP contribution in [0.2, 0.25) is 0 Å². The molecule has 1 heterocycles. The van der Waals surface area contributed by atoms with Crippen molar-refractivity contribution >= 4 is 21.9 Å². The van der Waals surface area contributed by atoms with Gasteiger partial charge in [0.15, 0.2) is 0 Å². The minimum absolute atomic E-state index is 0.0991. The maximum atomic E-state index is 11.5. The summed E-state index contributed by atoms with van der Waals surface area (Å²) in [5, 5.41) is 11.1. The zero-order valence-electron chi connectivity index (χ0n) is 10.8. The Bertz CT molecular complexity index is 421. The van der Waals surface area contributed by atoms with Crippen LogP contribution in [-0.2, 0) is 19.6 Å². The topological polar surface area (TPSA) is 104 Å². The third-order valence-corrected chi connectivity index (χ3v) is 4.89. The molecule has 19 heavy (non-hydrogen) atoms. The number of carbonyl (C=O) groups is 2. The van der Waals surface area contributed by atoms with Crippen LogP contribution in [0, 0.1) is 0 Å². The number of hydrogen-bond donors (Lipinski definition) is 2. The average Bonchev–Trinajstić information content (AvgIpc) is 2.65. The highest BCUT2D eigenvalue weighted by Crippen LogP contribution is 2.13.